The minimum absolute atomic E-state index is 0.192. The van der Waals surface area contributed by atoms with Crippen molar-refractivity contribution in [2.45, 2.75) is 0 Å². The minimum atomic E-state index is -0.192. The van der Waals surface area contributed by atoms with Crippen molar-refractivity contribution < 1.29 is 0 Å². The molecular formula is C16H19N7O. The van der Waals surface area contributed by atoms with Crippen molar-refractivity contribution in [3.63, 3.8) is 0 Å². The van der Waals surface area contributed by atoms with Gasteiger partial charge in [0.15, 0.2) is 5.82 Å². The zero-order chi connectivity index (χ0) is 16.9. The Morgan fingerprint density at radius 3 is 2.96 bits per heavy atom. The average molecular weight is 325 g/mol. The van der Waals surface area contributed by atoms with E-state index in [2.05, 4.69) is 30.5 Å². The Bertz CT molecular complexity index is 854. The molecule has 24 heavy (non-hydrogen) atoms. The van der Waals surface area contributed by atoms with Gasteiger partial charge in [-0.05, 0) is 20.2 Å². The summed E-state index contributed by atoms with van der Waals surface area (Å²) < 4.78 is 1.37. The standard InChI is InChI=1S/C16H19N7O/c1-22(2)7-6-18-13-8-15(21-19-10-13)23-16(24)14(11-20-23)12-4-3-5-17-9-12/h3-5,8-11,20H,6-7H2,1-2H3,(H,18,21). The highest BCUT2D eigenvalue weighted by atomic mass is 16.1. The fourth-order valence-electron chi connectivity index (χ4n) is 2.25. The van der Waals surface area contributed by atoms with Gasteiger partial charge in [0.1, 0.15) is 0 Å². The van der Waals surface area contributed by atoms with Crippen molar-refractivity contribution in [2.75, 3.05) is 32.5 Å². The van der Waals surface area contributed by atoms with E-state index >= 15 is 0 Å². The van der Waals surface area contributed by atoms with E-state index < -0.39 is 0 Å². The summed E-state index contributed by atoms with van der Waals surface area (Å²) in [6, 6.07) is 5.42. The van der Waals surface area contributed by atoms with E-state index in [1.807, 2.05) is 20.2 Å². The molecule has 3 aromatic heterocycles. The zero-order valence-electron chi connectivity index (χ0n) is 13.6. The van der Waals surface area contributed by atoms with Crippen molar-refractivity contribution in [2.24, 2.45) is 0 Å². The quantitative estimate of drug-likeness (QED) is 0.702. The summed E-state index contributed by atoms with van der Waals surface area (Å²) in [6.07, 6.45) is 6.60. The van der Waals surface area contributed by atoms with E-state index in [0.717, 1.165) is 24.3 Å². The molecule has 0 spiro atoms. The molecule has 3 rings (SSSR count). The third-order valence-electron chi connectivity index (χ3n) is 3.50. The predicted octanol–water partition coefficient (Wildman–Crippen LogP) is 0.991. The molecule has 0 radical (unpaired) electrons. The fourth-order valence-corrected chi connectivity index (χ4v) is 2.25. The third-order valence-corrected chi connectivity index (χ3v) is 3.50. The van der Waals surface area contributed by atoms with E-state index in [9.17, 15) is 4.79 Å². The van der Waals surface area contributed by atoms with Crippen molar-refractivity contribution in [3.8, 4) is 16.9 Å². The molecule has 0 saturated carbocycles. The molecule has 0 aliphatic carbocycles. The zero-order valence-corrected chi connectivity index (χ0v) is 13.6. The Labute approximate surface area is 139 Å². The highest BCUT2D eigenvalue weighted by Crippen LogP contribution is 2.14. The fraction of sp³-hybridized carbons (Fsp3) is 0.250. The molecule has 2 N–H and O–H groups in total. The van der Waals surface area contributed by atoms with Crippen molar-refractivity contribution in [3.05, 3.63) is 53.3 Å². The monoisotopic (exact) mass is 325 g/mol. The molecule has 0 unspecified atom stereocenters. The third kappa shape index (κ3) is 3.49. The topological polar surface area (TPSA) is 91.7 Å². The van der Waals surface area contributed by atoms with E-state index in [1.165, 1.54) is 4.68 Å². The van der Waals surface area contributed by atoms with Gasteiger partial charge in [0, 0.05) is 43.3 Å². The van der Waals surface area contributed by atoms with Gasteiger partial charge in [-0.3, -0.25) is 14.9 Å². The van der Waals surface area contributed by atoms with Crippen LogP contribution < -0.4 is 10.9 Å². The van der Waals surface area contributed by atoms with Crippen LogP contribution in [0.2, 0.25) is 0 Å². The molecule has 0 atom stereocenters. The highest BCUT2D eigenvalue weighted by molar-refractivity contribution is 5.60. The molecule has 3 heterocycles. The molecule has 0 aromatic carbocycles. The van der Waals surface area contributed by atoms with Gasteiger partial charge in [-0.2, -0.15) is 9.78 Å². The van der Waals surface area contributed by atoms with Gasteiger partial charge < -0.3 is 10.2 Å². The van der Waals surface area contributed by atoms with Gasteiger partial charge in [0.05, 0.1) is 17.4 Å². The van der Waals surface area contributed by atoms with E-state index in [4.69, 9.17) is 0 Å². The molecular weight excluding hydrogens is 306 g/mol. The predicted molar refractivity (Wildman–Crippen MR) is 92.3 cm³/mol. The first-order valence-electron chi connectivity index (χ1n) is 7.57. The lowest BCUT2D eigenvalue weighted by atomic mass is 10.2. The molecule has 124 valence electrons. The number of nitrogens with zero attached hydrogens (tertiary/aromatic N) is 5. The van der Waals surface area contributed by atoms with Crippen LogP contribution in [0.5, 0.6) is 0 Å². The SMILES string of the molecule is CN(C)CCNc1cnnc(-n2[nH]cc(-c3cccnc3)c2=O)c1. The Morgan fingerprint density at radius 2 is 2.21 bits per heavy atom. The molecule has 0 amide bonds. The number of aromatic amines is 1. The summed E-state index contributed by atoms with van der Waals surface area (Å²) in [5.41, 5.74) is 1.91. The molecule has 3 aromatic rings. The van der Waals surface area contributed by atoms with Gasteiger partial charge in [0.25, 0.3) is 5.56 Å². The Balaban J connectivity index is 1.85. The maximum atomic E-state index is 12.6. The number of likely N-dealkylation sites (N-methyl/N-ethyl adjacent to an activating group) is 1. The number of aromatic nitrogens is 5. The van der Waals surface area contributed by atoms with Crippen LogP contribution in [0, 0.1) is 0 Å². The Morgan fingerprint density at radius 1 is 1.33 bits per heavy atom. The Kier molecular flexibility index (Phi) is 4.66. The summed E-state index contributed by atoms with van der Waals surface area (Å²) in [6.45, 7) is 1.67. The van der Waals surface area contributed by atoms with Gasteiger partial charge in [-0.1, -0.05) is 6.07 Å². The van der Waals surface area contributed by atoms with Crippen molar-refractivity contribution >= 4 is 5.69 Å². The summed E-state index contributed by atoms with van der Waals surface area (Å²) in [5, 5.41) is 14.2. The second kappa shape index (κ2) is 7.05. The number of hydrogen-bond acceptors (Lipinski definition) is 6. The van der Waals surface area contributed by atoms with Crippen molar-refractivity contribution in [1.29, 1.82) is 0 Å². The maximum absolute atomic E-state index is 12.6. The summed E-state index contributed by atoms with van der Waals surface area (Å²) in [5.74, 6) is 0.435. The van der Waals surface area contributed by atoms with Crippen LogP contribution in [0.25, 0.3) is 16.9 Å². The van der Waals surface area contributed by atoms with Crippen molar-refractivity contribution in [1.82, 2.24) is 29.9 Å². The lowest BCUT2D eigenvalue weighted by Crippen LogP contribution is -2.21. The van der Waals surface area contributed by atoms with Crippen LogP contribution in [-0.4, -0.2) is 57.0 Å². The molecule has 0 aliphatic rings. The number of nitrogens with one attached hydrogen (secondary N) is 2. The number of pyridine rings is 1. The van der Waals surface area contributed by atoms with E-state index in [0.29, 0.717) is 11.4 Å². The van der Waals surface area contributed by atoms with Crippen LogP contribution in [0.1, 0.15) is 0 Å². The van der Waals surface area contributed by atoms with Crippen LogP contribution in [-0.2, 0) is 0 Å². The van der Waals surface area contributed by atoms with Gasteiger partial charge in [-0.15, -0.1) is 5.10 Å². The second-order valence-corrected chi connectivity index (χ2v) is 5.60. The Hall–Kier alpha value is -3.00. The molecule has 8 heteroatoms. The van der Waals surface area contributed by atoms with Crippen LogP contribution >= 0.6 is 0 Å². The lowest BCUT2D eigenvalue weighted by molar-refractivity contribution is 0.425. The van der Waals surface area contributed by atoms with E-state index in [1.54, 1.807) is 36.9 Å². The number of anilines is 1. The first-order chi connectivity index (χ1) is 11.6. The lowest BCUT2D eigenvalue weighted by Gasteiger charge is -2.11. The molecule has 0 saturated heterocycles. The normalized spacial score (nSPS) is 11.0. The van der Waals surface area contributed by atoms with Gasteiger partial charge in [-0.25, -0.2) is 0 Å². The first-order valence-corrected chi connectivity index (χ1v) is 7.57. The molecule has 0 fully saturated rings. The molecule has 0 bridgehead atoms. The molecule has 0 aliphatic heterocycles. The largest absolute Gasteiger partial charge is 0.382 e. The molecule has 8 nitrogen and oxygen atoms in total. The van der Waals surface area contributed by atoms with Gasteiger partial charge >= 0.3 is 0 Å². The van der Waals surface area contributed by atoms with Crippen LogP contribution in [0.4, 0.5) is 5.69 Å². The smallest absolute Gasteiger partial charge is 0.280 e. The van der Waals surface area contributed by atoms with Gasteiger partial charge in [0.2, 0.25) is 0 Å². The van der Waals surface area contributed by atoms with Crippen LogP contribution in [0.15, 0.2) is 47.8 Å². The summed E-state index contributed by atoms with van der Waals surface area (Å²) in [7, 11) is 4.02. The number of H-pyrrole nitrogens is 1. The van der Waals surface area contributed by atoms with E-state index in [-0.39, 0.29) is 5.56 Å². The number of rotatable bonds is 6. The van der Waals surface area contributed by atoms with Crippen LogP contribution in [0.3, 0.4) is 0 Å². The second-order valence-electron chi connectivity index (χ2n) is 5.60. The minimum Gasteiger partial charge on any atom is -0.382 e. The average Bonchev–Trinajstić information content (AvgIpc) is 2.97. The number of hydrogen-bond donors (Lipinski definition) is 2. The summed E-state index contributed by atoms with van der Waals surface area (Å²) >= 11 is 0. The first kappa shape index (κ1) is 15.9. The summed E-state index contributed by atoms with van der Waals surface area (Å²) in [4.78, 5) is 18.7. The maximum Gasteiger partial charge on any atom is 0.280 e. The highest BCUT2D eigenvalue weighted by Gasteiger charge is 2.11.